The van der Waals surface area contributed by atoms with Gasteiger partial charge in [-0.15, -0.1) is 0 Å². The third kappa shape index (κ3) is 1.96. The van der Waals surface area contributed by atoms with Crippen molar-refractivity contribution in [1.82, 2.24) is 0 Å². The minimum Gasteiger partial charge on any atom is -0.197 e. The van der Waals surface area contributed by atoms with Crippen molar-refractivity contribution >= 4 is 11.6 Å². The molecule has 1 aromatic carbocycles. The Kier molecular flexibility index (Phi) is 2.76. The van der Waals surface area contributed by atoms with E-state index >= 15 is 0 Å². The molecular formula is C14H9ClN2. The zero-order chi connectivity index (χ0) is 12.4. The van der Waals surface area contributed by atoms with Crippen LogP contribution in [0.3, 0.4) is 0 Å². The van der Waals surface area contributed by atoms with Gasteiger partial charge in [-0.1, -0.05) is 54.1 Å². The third-order valence-electron chi connectivity index (χ3n) is 2.79. The fourth-order valence-corrected chi connectivity index (χ4v) is 1.86. The van der Waals surface area contributed by atoms with Crippen LogP contribution in [0.15, 0.2) is 54.6 Å². The molecule has 1 aromatic rings. The van der Waals surface area contributed by atoms with Crippen LogP contribution in [0.25, 0.3) is 0 Å². The largest absolute Gasteiger partial charge is 0.197 e. The molecule has 0 spiro atoms. The van der Waals surface area contributed by atoms with Gasteiger partial charge < -0.3 is 0 Å². The molecule has 0 heterocycles. The molecule has 1 aliphatic rings. The fourth-order valence-electron chi connectivity index (χ4n) is 1.74. The first-order valence-corrected chi connectivity index (χ1v) is 5.50. The van der Waals surface area contributed by atoms with E-state index in [0.29, 0.717) is 0 Å². The second-order valence-electron chi connectivity index (χ2n) is 3.89. The van der Waals surface area contributed by atoms with E-state index in [1.165, 1.54) is 0 Å². The molecule has 0 N–H and O–H groups in total. The molecule has 2 rings (SSSR count). The van der Waals surface area contributed by atoms with Gasteiger partial charge in [-0.3, -0.25) is 0 Å². The van der Waals surface area contributed by atoms with E-state index in [2.05, 4.69) is 6.07 Å². The lowest BCUT2D eigenvalue weighted by Crippen LogP contribution is -2.26. The monoisotopic (exact) mass is 240 g/mol. The van der Waals surface area contributed by atoms with Crippen molar-refractivity contribution in [1.29, 1.82) is 10.5 Å². The minimum absolute atomic E-state index is 0.823. The molecular weight excluding hydrogens is 232 g/mol. The zero-order valence-corrected chi connectivity index (χ0v) is 9.72. The fraction of sp³-hybridized carbons (Fsp3) is 0.143. The molecule has 0 unspecified atom stereocenters. The van der Waals surface area contributed by atoms with Gasteiger partial charge in [-0.05, 0) is 17.7 Å². The molecule has 0 aliphatic heterocycles. The molecule has 0 atom stereocenters. The van der Waals surface area contributed by atoms with Crippen LogP contribution >= 0.6 is 11.6 Å². The van der Waals surface area contributed by atoms with Gasteiger partial charge in [0.2, 0.25) is 0 Å². The smallest absolute Gasteiger partial charge is 0.167 e. The molecule has 17 heavy (non-hydrogen) atoms. The van der Waals surface area contributed by atoms with Gasteiger partial charge in [0.05, 0.1) is 12.1 Å². The van der Waals surface area contributed by atoms with Gasteiger partial charge in [0, 0.05) is 0 Å². The standard InChI is InChI=1S/C14H9ClN2/c15-14(11-17)8-6-13(10-16,7-9-14)12-4-2-1-3-5-12/h1-9H. The van der Waals surface area contributed by atoms with Gasteiger partial charge in [0.1, 0.15) is 5.41 Å². The highest BCUT2D eigenvalue weighted by Gasteiger charge is 2.33. The van der Waals surface area contributed by atoms with Crippen LogP contribution in [0.4, 0.5) is 0 Å². The molecule has 82 valence electrons. The zero-order valence-electron chi connectivity index (χ0n) is 8.97. The predicted molar refractivity (Wildman–Crippen MR) is 66.2 cm³/mol. The Morgan fingerprint density at radius 2 is 1.47 bits per heavy atom. The summed E-state index contributed by atoms with van der Waals surface area (Å²) in [5.74, 6) is 0. The average Bonchev–Trinajstić information content (AvgIpc) is 2.41. The molecule has 0 amide bonds. The van der Waals surface area contributed by atoms with Crippen molar-refractivity contribution in [3.8, 4) is 12.1 Å². The first-order valence-electron chi connectivity index (χ1n) is 5.12. The van der Waals surface area contributed by atoms with E-state index in [0.717, 1.165) is 5.56 Å². The summed E-state index contributed by atoms with van der Waals surface area (Å²) < 4.78 is 0. The summed E-state index contributed by atoms with van der Waals surface area (Å²) in [4.78, 5) is -1.13. The Balaban J connectivity index is 2.47. The molecule has 0 fully saturated rings. The van der Waals surface area contributed by atoms with E-state index in [4.69, 9.17) is 16.9 Å². The maximum Gasteiger partial charge on any atom is 0.167 e. The van der Waals surface area contributed by atoms with Gasteiger partial charge in [-0.2, -0.15) is 10.5 Å². The Labute approximate surface area is 105 Å². The number of alkyl halides is 1. The molecule has 0 saturated heterocycles. The Bertz CT molecular complexity index is 544. The third-order valence-corrected chi connectivity index (χ3v) is 3.12. The molecule has 0 bridgehead atoms. The van der Waals surface area contributed by atoms with E-state index in [9.17, 15) is 5.26 Å². The molecule has 3 heteroatoms. The SMILES string of the molecule is N#CC1(Cl)C=CC(C#N)(c2ccccc2)C=C1. The number of hydrogen-bond donors (Lipinski definition) is 0. The second-order valence-corrected chi connectivity index (χ2v) is 4.52. The lowest BCUT2D eigenvalue weighted by Gasteiger charge is -2.25. The van der Waals surface area contributed by atoms with Crippen LogP contribution < -0.4 is 0 Å². The number of nitrogens with zero attached hydrogens (tertiary/aromatic N) is 2. The summed E-state index contributed by atoms with van der Waals surface area (Å²) >= 11 is 5.99. The summed E-state index contributed by atoms with van der Waals surface area (Å²) in [6.07, 6.45) is 6.48. The summed E-state index contributed by atoms with van der Waals surface area (Å²) in [5.41, 5.74) is 0.0444. The van der Waals surface area contributed by atoms with Gasteiger partial charge in [0.15, 0.2) is 4.87 Å². The van der Waals surface area contributed by atoms with Gasteiger partial charge in [-0.25, -0.2) is 0 Å². The van der Waals surface area contributed by atoms with Crippen molar-refractivity contribution in [2.75, 3.05) is 0 Å². The lowest BCUT2D eigenvalue weighted by atomic mass is 9.77. The molecule has 1 aliphatic carbocycles. The van der Waals surface area contributed by atoms with E-state index in [1.54, 1.807) is 24.3 Å². The number of nitriles is 2. The van der Waals surface area contributed by atoms with Gasteiger partial charge in [0.25, 0.3) is 0 Å². The normalized spacial score (nSPS) is 30.5. The predicted octanol–water partition coefficient (Wildman–Crippen LogP) is 3.08. The van der Waals surface area contributed by atoms with Crippen LogP contribution in [0, 0.1) is 22.7 Å². The Morgan fingerprint density at radius 3 is 1.94 bits per heavy atom. The summed E-state index contributed by atoms with van der Waals surface area (Å²) in [6.45, 7) is 0. The minimum atomic E-state index is -1.13. The first kappa shape index (κ1) is 11.5. The van der Waals surface area contributed by atoms with Crippen molar-refractivity contribution in [3.05, 3.63) is 60.2 Å². The first-order chi connectivity index (χ1) is 8.14. The number of benzene rings is 1. The lowest BCUT2D eigenvalue weighted by molar-refractivity contribution is 0.833. The van der Waals surface area contributed by atoms with Gasteiger partial charge >= 0.3 is 0 Å². The number of halogens is 1. The van der Waals surface area contributed by atoms with Crippen LogP contribution in [0.5, 0.6) is 0 Å². The van der Waals surface area contributed by atoms with Crippen LogP contribution in [0.1, 0.15) is 5.56 Å². The molecule has 2 nitrogen and oxygen atoms in total. The summed E-state index contributed by atoms with van der Waals surface area (Å²) in [6, 6.07) is 13.6. The van der Waals surface area contributed by atoms with Crippen molar-refractivity contribution in [2.45, 2.75) is 10.3 Å². The van der Waals surface area contributed by atoms with E-state index in [-0.39, 0.29) is 0 Å². The van der Waals surface area contributed by atoms with Crippen molar-refractivity contribution in [3.63, 3.8) is 0 Å². The Morgan fingerprint density at radius 1 is 0.882 bits per heavy atom. The highest BCUT2D eigenvalue weighted by Crippen LogP contribution is 2.34. The van der Waals surface area contributed by atoms with Crippen molar-refractivity contribution in [2.24, 2.45) is 0 Å². The number of hydrogen-bond acceptors (Lipinski definition) is 2. The number of rotatable bonds is 1. The number of allylic oxidation sites excluding steroid dienone is 4. The van der Waals surface area contributed by atoms with Crippen molar-refractivity contribution < 1.29 is 0 Å². The van der Waals surface area contributed by atoms with Crippen LogP contribution in [0.2, 0.25) is 0 Å². The molecule has 0 radical (unpaired) electrons. The highest BCUT2D eigenvalue weighted by atomic mass is 35.5. The topological polar surface area (TPSA) is 47.6 Å². The maximum absolute atomic E-state index is 9.36. The average molecular weight is 241 g/mol. The molecule has 0 saturated carbocycles. The molecule has 0 aromatic heterocycles. The van der Waals surface area contributed by atoms with Crippen LogP contribution in [-0.4, -0.2) is 4.87 Å². The van der Waals surface area contributed by atoms with E-state index in [1.807, 2.05) is 36.4 Å². The maximum atomic E-state index is 9.36. The second kappa shape index (κ2) is 4.09. The Hall–Kier alpha value is -2.03. The van der Waals surface area contributed by atoms with Crippen LogP contribution in [-0.2, 0) is 5.41 Å². The highest BCUT2D eigenvalue weighted by molar-refractivity contribution is 6.28. The summed E-state index contributed by atoms with van der Waals surface area (Å²) in [5, 5.41) is 18.3. The van der Waals surface area contributed by atoms with E-state index < -0.39 is 10.3 Å². The quantitative estimate of drug-likeness (QED) is 0.559. The summed E-state index contributed by atoms with van der Waals surface area (Å²) in [7, 11) is 0.